The fourth-order valence-corrected chi connectivity index (χ4v) is 4.68. The fraction of sp³-hybridized carbons (Fsp3) is 0.545. The van der Waals surface area contributed by atoms with Crippen LogP contribution >= 0.6 is 11.8 Å². The molecule has 4 rings (SSSR count). The van der Waals surface area contributed by atoms with Gasteiger partial charge in [-0.3, -0.25) is 4.79 Å². The van der Waals surface area contributed by atoms with Crippen molar-refractivity contribution in [2.75, 3.05) is 55.3 Å². The summed E-state index contributed by atoms with van der Waals surface area (Å²) in [5.74, 6) is 2.85. The van der Waals surface area contributed by atoms with Gasteiger partial charge in [0.25, 0.3) is 0 Å². The van der Waals surface area contributed by atoms with Crippen molar-refractivity contribution in [2.24, 2.45) is 5.92 Å². The lowest BCUT2D eigenvalue weighted by molar-refractivity contribution is -0.131. The number of rotatable bonds is 6. The molecule has 2 saturated heterocycles. The van der Waals surface area contributed by atoms with Crippen molar-refractivity contribution in [2.45, 2.75) is 30.8 Å². The SMILES string of the molecule is CSc1nccc(N2CCC[C@H](CCC(=O)N3CCN(c4ccccn4)CC3)C2)n1. The highest BCUT2D eigenvalue weighted by molar-refractivity contribution is 7.98. The summed E-state index contributed by atoms with van der Waals surface area (Å²) in [5, 5.41) is 0.814. The standard InChI is InChI=1S/C22H30N6OS/c1-30-22-24-11-9-20(25-22)28-12-4-5-18(17-28)7-8-21(29)27-15-13-26(14-16-27)19-6-2-3-10-23-19/h2-3,6,9-11,18H,4-5,7-8,12-17H2,1H3/t18-/m1/s1. The van der Waals surface area contributed by atoms with Gasteiger partial charge in [-0.15, -0.1) is 0 Å². The van der Waals surface area contributed by atoms with Gasteiger partial charge in [-0.05, 0) is 49.6 Å². The minimum Gasteiger partial charge on any atom is -0.356 e. The number of carbonyl (C=O) groups excluding carboxylic acids is 1. The number of piperidine rings is 1. The molecule has 0 saturated carbocycles. The topological polar surface area (TPSA) is 65.5 Å². The Kier molecular flexibility index (Phi) is 7.04. The minimum atomic E-state index is 0.291. The summed E-state index contributed by atoms with van der Waals surface area (Å²) in [6.07, 6.45) is 9.60. The van der Waals surface area contributed by atoms with E-state index in [1.807, 2.05) is 47.8 Å². The van der Waals surface area contributed by atoms with E-state index in [0.717, 1.165) is 68.9 Å². The minimum absolute atomic E-state index is 0.291. The van der Waals surface area contributed by atoms with Gasteiger partial charge in [-0.25, -0.2) is 15.0 Å². The van der Waals surface area contributed by atoms with Gasteiger partial charge in [0.05, 0.1) is 0 Å². The third kappa shape index (κ3) is 5.22. The van der Waals surface area contributed by atoms with Crippen LogP contribution in [0.25, 0.3) is 0 Å². The van der Waals surface area contributed by atoms with Gasteiger partial charge in [0, 0.05) is 58.1 Å². The first-order valence-electron chi connectivity index (χ1n) is 10.8. The number of pyridine rings is 1. The Morgan fingerprint density at radius 1 is 1.03 bits per heavy atom. The van der Waals surface area contributed by atoms with Gasteiger partial charge in [0.2, 0.25) is 5.91 Å². The zero-order valence-electron chi connectivity index (χ0n) is 17.6. The molecule has 8 heteroatoms. The lowest BCUT2D eigenvalue weighted by Crippen LogP contribution is -2.49. The second kappa shape index (κ2) is 10.1. The van der Waals surface area contributed by atoms with E-state index < -0.39 is 0 Å². The first-order chi connectivity index (χ1) is 14.7. The molecular weight excluding hydrogens is 396 g/mol. The number of hydrogen-bond acceptors (Lipinski definition) is 7. The Hall–Kier alpha value is -2.35. The highest BCUT2D eigenvalue weighted by Gasteiger charge is 2.25. The maximum atomic E-state index is 12.8. The van der Waals surface area contributed by atoms with E-state index >= 15 is 0 Å². The molecule has 1 amide bonds. The monoisotopic (exact) mass is 426 g/mol. The second-order valence-electron chi connectivity index (χ2n) is 7.95. The molecule has 0 bridgehead atoms. The molecule has 7 nitrogen and oxygen atoms in total. The third-order valence-electron chi connectivity index (χ3n) is 6.02. The normalized spacial score (nSPS) is 19.8. The molecule has 2 aromatic heterocycles. The van der Waals surface area contributed by atoms with Crippen LogP contribution in [-0.4, -0.2) is 71.3 Å². The molecule has 1 atom stereocenters. The Morgan fingerprint density at radius 3 is 2.67 bits per heavy atom. The maximum Gasteiger partial charge on any atom is 0.222 e. The molecule has 2 fully saturated rings. The van der Waals surface area contributed by atoms with Gasteiger partial charge in [-0.2, -0.15) is 0 Å². The molecule has 0 aromatic carbocycles. The molecule has 2 aliphatic rings. The number of amides is 1. The van der Waals surface area contributed by atoms with Gasteiger partial charge < -0.3 is 14.7 Å². The van der Waals surface area contributed by atoms with Gasteiger partial charge in [0.15, 0.2) is 5.16 Å². The predicted octanol–water partition coefficient (Wildman–Crippen LogP) is 2.94. The van der Waals surface area contributed by atoms with Crippen LogP contribution in [0.2, 0.25) is 0 Å². The van der Waals surface area contributed by atoms with Gasteiger partial charge in [0.1, 0.15) is 11.6 Å². The molecule has 0 spiro atoms. The number of nitrogens with zero attached hydrogens (tertiary/aromatic N) is 6. The molecule has 4 heterocycles. The zero-order valence-corrected chi connectivity index (χ0v) is 18.4. The second-order valence-corrected chi connectivity index (χ2v) is 8.72. The van der Waals surface area contributed by atoms with E-state index in [-0.39, 0.29) is 0 Å². The number of aromatic nitrogens is 3. The average molecular weight is 427 g/mol. The summed E-state index contributed by atoms with van der Waals surface area (Å²) in [5.41, 5.74) is 0. The van der Waals surface area contributed by atoms with Crippen molar-refractivity contribution in [1.29, 1.82) is 0 Å². The maximum absolute atomic E-state index is 12.8. The van der Waals surface area contributed by atoms with E-state index in [1.54, 1.807) is 11.8 Å². The summed E-state index contributed by atoms with van der Waals surface area (Å²) < 4.78 is 0. The summed E-state index contributed by atoms with van der Waals surface area (Å²) in [6, 6.07) is 7.97. The fourth-order valence-electron chi connectivity index (χ4n) is 4.33. The number of thioether (sulfide) groups is 1. The lowest BCUT2D eigenvalue weighted by Gasteiger charge is -2.36. The largest absolute Gasteiger partial charge is 0.356 e. The van der Waals surface area contributed by atoms with Crippen LogP contribution < -0.4 is 9.80 Å². The van der Waals surface area contributed by atoms with Crippen molar-refractivity contribution in [3.05, 3.63) is 36.7 Å². The van der Waals surface area contributed by atoms with E-state index in [9.17, 15) is 4.79 Å². The molecule has 0 N–H and O–H groups in total. The number of anilines is 2. The van der Waals surface area contributed by atoms with Crippen molar-refractivity contribution in [3.63, 3.8) is 0 Å². The molecule has 30 heavy (non-hydrogen) atoms. The van der Waals surface area contributed by atoms with Crippen molar-refractivity contribution >= 4 is 29.3 Å². The van der Waals surface area contributed by atoms with Crippen molar-refractivity contribution in [1.82, 2.24) is 19.9 Å². The number of carbonyl (C=O) groups is 1. The van der Waals surface area contributed by atoms with Crippen LogP contribution in [0.5, 0.6) is 0 Å². The number of piperazine rings is 1. The quantitative estimate of drug-likeness (QED) is 0.520. The molecule has 160 valence electrons. The van der Waals surface area contributed by atoms with E-state index in [0.29, 0.717) is 18.2 Å². The average Bonchev–Trinajstić information content (AvgIpc) is 2.83. The van der Waals surface area contributed by atoms with E-state index in [1.165, 1.54) is 6.42 Å². The summed E-state index contributed by atoms with van der Waals surface area (Å²) >= 11 is 1.57. The molecule has 0 unspecified atom stereocenters. The van der Waals surface area contributed by atoms with Gasteiger partial charge in [-0.1, -0.05) is 17.8 Å². The first kappa shape index (κ1) is 20.9. The molecule has 0 aliphatic carbocycles. The third-order valence-corrected chi connectivity index (χ3v) is 6.58. The van der Waals surface area contributed by atoms with Crippen molar-refractivity contribution < 1.29 is 4.79 Å². The Morgan fingerprint density at radius 2 is 1.90 bits per heavy atom. The van der Waals surface area contributed by atoms with Crippen molar-refractivity contribution in [3.8, 4) is 0 Å². The summed E-state index contributed by atoms with van der Waals surface area (Å²) in [6.45, 7) is 5.28. The highest BCUT2D eigenvalue weighted by atomic mass is 32.2. The van der Waals surface area contributed by atoms with E-state index in [2.05, 4.69) is 24.8 Å². The first-order valence-corrected chi connectivity index (χ1v) is 12.0. The summed E-state index contributed by atoms with van der Waals surface area (Å²) in [4.78, 5) is 32.7. The lowest BCUT2D eigenvalue weighted by atomic mass is 9.93. The van der Waals surface area contributed by atoms with Crippen LogP contribution in [0, 0.1) is 5.92 Å². The predicted molar refractivity (Wildman–Crippen MR) is 121 cm³/mol. The highest BCUT2D eigenvalue weighted by Crippen LogP contribution is 2.26. The van der Waals surface area contributed by atoms with Crippen LogP contribution in [0.4, 0.5) is 11.6 Å². The molecule has 2 aliphatic heterocycles. The van der Waals surface area contributed by atoms with E-state index in [4.69, 9.17) is 0 Å². The Bertz CT molecular complexity index is 827. The van der Waals surface area contributed by atoms with Crippen LogP contribution in [0.3, 0.4) is 0 Å². The number of hydrogen-bond donors (Lipinski definition) is 0. The molecule has 0 radical (unpaired) electrons. The molecular formula is C22H30N6OS. The Labute approximate surface area is 182 Å². The zero-order chi connectivity index (χ0) is 20.8. The van der Waals surface area contributed by atoms with Gasteiger partial charge >= 0.3 is 0 Å². The van der Waals surface area contributed by atoms with Crippen LogP contribution in [-0.2, 0) is 4.79 Å². The van der Waals surface area contributed by atoms with Crippen LogP contribution in [0.1, 0.15) is 25.7 Å². The molecule has 2 aromatic rings. The smallest absolute Gasteiger partial charge is 0.222 e. The Balaban J connectivity index is 1.24. The summed E-state index contributed by atoms with van der Waals surface area (Å²) in [7, 11) is 0. The van der Waals surface area contributed by atoms with Crippen LogP contribution in [0.15, 0.2) is 41.8 Å².